The Balaban J connectivity index is 1.66. The van der Waals surface area contributed by atoms with Crippen molar-refractivity contribution in [3.8, 4) is 0 Å². The summed E-state index contributed by atoms with van der Waals surface area (Å²) in [5.41, 5.74) is 1.98. The quantitative estimate of drug-likeness (QED) is 0.453. The summed E-state index contributed by atoms with van der Waals surface area (Å²) in [6, 6.07) is 4.77. The second-order valence-electron chi connectivity index (χ2n) is 7.03. The van der Waals surface area contributed by atoms with Crippen molar-refractivity contribution in [3.05, 3.63) is 35.8 Å². The predicted molar refractivity (Wildman–Crippen MR) is 109 cm³/mol. The lowest BCUT2D eigenvalue weighted by molar-refractivity contribution is -0.149. The van der Waals surface area contributed by atoms with Crippen LogP contribution in [-0.2, 0) is 16.0 Å². The fourth-order valence-electron chi connectivity index (χ4n) is 3.69. The monoisotopic (exact) mass is 388 g/mol. The molecule has 0 amide bonds. The van der Waals surface area contributed by atoms with E-state index in [2.05, 4.69) is 15.2 Å². The highest BCUT2D eigenvalue weighted by Crippen LogP contribution is 2.20. The lowest BCUT2D eigenvalue weighted by Crippen LogP contribution is -2.48. The number of guanidine groups is 1. The van der Waals surface area contributed by atoms with Gasteiger partial charge in [0.05, 0.1) is 12.5 Å². The number of carbonyl (C=O) groups is 1. The van der Waals surface area contributed by atoms with E-state index in [-0.39, 0.29) is 17.7 Å². The molecule has 28 heavy (non-hydrogen) atoms. The normalized spacial score (nSPS) is 17.8. The summed E-state index contributed by atoms with van der Waals surface area (Å²) in [6.45, 7) is 7.13. The third-order valence-electron chi connectivity index (χ3n) is 5.05. The highest BCUT2D eigenvalue weighted by Gasteiger charge is 2.28. The van der Waals surface area contributed by atoms with Crippen LogP contribution in [0.4, 0.5) is 4.39 Å². The Morgan fingerprint density at radius 1 is 1.43 bits per heavy atom. The van der Waals surface area contributed by atoms with Gasteiger partial charge in [0, 0.05) is 43.3 Å². The molecule has 1 fully saturated rings. The molecule has 1 unspecified atom stereocenters. The minimum atomic E-state index is -0.233. The van der Waals surface area contributed by atoms with Gasteiger partial charge in [-0.3, -0.25) is 9.79 Å². The first-order chi connectivity index (χ1) is 13.6. The molecule has 1 aliphatic rings. The SMILES string of the molecule is CCNC(=NCCc1c[nH]c2ccc(F)cc12)N1CCCC(C(=O)OCC)C1. The lowest BCUT2D eigenvalue weighted by atomic mass is 9.98. The molecule has 1 aromatic carbocycles. The minimum Gasteiger partial charge on any atom is -0.466 e. The number of H-pyrrole nitrogens is 1. The zero-order valence-electron chi connectivity index (χ0n) is 16.6. The first-order valence-electron chi connectivity index (χ1n) is 10.1. The highest BCUT2D eigenvalue weighted by molar-refractivity contribution is 5.83. The Kier molecular flexibility index (Phi) is 6.90. The van der Waals surface area contributed by atoms with Crippen molar-refractivity contribution in [1.29, 1.82) is 0 Å². The maximum absolute atomic E-state index is 13.5. The van der Waals surface area contributed by atoms with Crippen molar-refractivity contribution in [1.82, 2.24) is 15.2 Å². The molecule has 0 radical (unpaired) electrons. The molecule has 0 spiro atoms. The predicted octanol–water partition coefficient (Wildman–Crippen LogP) is 3.09. The van der Waals surface area contributed by atoms with Crippen molar-refractivity contribution in [2.45, 2.75) is 33.1 Å². The van der Waals surface area contributed by atoms with Crippen molar-refractivity contribution in [3.63, 3.8) is 0 Å². The van der Waals surface area contributed by atoms with Gasteiger partial charge >= 0.3 is 5.97 Å². The molecule has 0 bridgehead atoms. The van der Waals surface area contributed by atoms with E-state index in [1.165, 1.54) is 6.07 Å². The number of fused-ring (bicyclic) bond motifs is 1. The molecule has 1 aliphatic heterocycles. The Labute approximate surface area is 165 Å². The van der Waals surface area contributed by atoms with Crippen LogP contribution in [0, 0.1) is 11.7 Å². The van der Waals surface area contributed by atoms with Crippen LogP contribution in [0.1, 0.15) is 32.3 Å². The van der Waals surface area contributed by atoms with Gasteiger partial charge in [-0.05, 0) is 56.9 Å². The third-order valence-corrected chi connectivity index (χ3v) is 5.05. The van der Waals surface area contributed by atoms with E-state index in [1.54, 1.807) is 12.1 Å². The number of rotatable bonds is 6. The van der Waals surface area contributed by atoms with Gasteiger partial charge in [-0.2, -0.15) is 0 Å². The van der Waals surface area contributed by atoms with Gasteiger partial charge < -0.3 is 19.9 Å². The number of ether oxygens (including phenoxy) is 1. The Bertz CT molecular complexity index is 833. The summed E-state index contributed by atoms with van der Waals surface area (Å²) in [5, 5.41) is 4.23. The molecule has 2 N–H and O–H groups in total. The molecule has 7 heteroatoms. The van der Waals surface area contributed by atoms with Crippen LogP contribution in [0.15, 0.2) is 29.4 Å². The van der Waals surface area contributed by atoms with Gasteiger partial charge in [0.2, 0.25) is 0 Å². The molecule has 1 aromatic heterocycles. The molecule has 1 saturated heterocycles. The average Bonchev–Trinajstić information content (AvgIpc) is 3.10. The standard InChI is InChI=1S/C21H29FN4O2/c1-3-23-21(26-11-5-6-16(14-26)20(27)28-4-2)24-10-9-15-13-25-19-8-7-17(22)12-18(15)19/h7-8,12-13,16,25H,3-6,9-11,14H2,1-2H3,(H,23,24). The second-order valence-corrected chi connectivity index (χ2v) is 7.03. The van der Waals surface area contributed by atoms with Crippen LogP contribution in [-0.4, -0.2) is 54.6 Å². The number of nitrogens with one attached hydrogen (secondary N) is 2. The molecule has 1 atom stereocenters. The van der Waals surface area contributed by atoms with E-state index in [9.17, 15) is 9.18 Å². The van der Waals surface area contributed by atoms with Crippen LogP contribution >= 0.6 is 0 Å². The summed E-state index contributed by atoms with van der Waals surface area (Å²) in [4.78, 5) is 22.2. The molecular formula is C21H29FN4O2. The first-order valence-corrected chi connectivity index (χ1v) is 10.1. The van der Waals surface area contributed by atoms with Crippen molar-refractivity contribution in [2.24, 2.45) is 10.9 Å². The largest absolute Gasteiger partial charge is 0.466 e. The number of aromatic amines is 1. The molecule has 0 aliphatic carbocycles. The Hall–Kier alpha value is -2.57. The number of aromatic nitrogens is 1. The van der Waals surface area contributed by atoms with Crippen molar-refractivity contribution >= 4 is 22.8 Å². The number of nitrogens with zero attached hydrogens (tertiary/aromatic N) is 2. The van der Waals surface area contributed by atoms with Gasteiger partial charge in [0.25, 0.3) is 0 Å². The lowest BCUT2D eigenvalue weighted by Gasteiger charge is -2.34. The van der Waals surface area contributed by atoms with Gasteiger partial charge in [-0.25, -0.2) is 4.39 Å². The van der Waals surface area contributed by atoms with E-state index in [0.29, 0.717) is 26.1 Å². The number of carbonyl (C=O) groups excluding carboxylic acids is 1. The number of aliphatic imine (C=N–C) groups is 1. The van der Waals surface area contributed by atoms with Gasteiger partial charge in [-0.1, -0.05) is 0 Å². The fraction of sp³-hybridized carbons (Fsp3) is 0.524. The zero-order valence-corrected chi connectivity index (χ0v) is 16.6. The van der Waals surface area contributed by atoms with E-state index in [1.807, 2.05) is 20.0 Å². The maximum Gasteiger partial charge on any atom is 0.310 e. The molecule has 2 heterocycles. The first kappa shape index (κ1) is 20.2. The molecule has 152 valence electrons. The van der Waals surface area contributed by atoms with E-state index in [4.69, 9.17) is 9.73 Å². The van der Waals surface area contributed by atoms with Crippen LogP contribution in [0.5, 0.6) is 0 Å². The van der Waals surface area contributed by atoms with Gasteiger partial charge in [0.1, 0.15) is 5.82 Å². The summed E-state index contributed by atoms with van der Waals surface area (Å²) < 4.78 is 18.7. The van der Waals surface area contributed by atoms with Crippen LogP contribution in [0.2, 0.25) is 0 Å². The molecular weight excluding hydrogens is 359 g/mol. The smallest absolute Gasteiger partial charge is 0.310 e. The molecule has 0 saturated carbocycles. The topological polar surface area (TPSA) is 69.7 Å². The molecule has 2 aromatic rings. The second kappa shape index (κ2) is 9.57. The third kappa shape index (κ3) is 4.82. The summed E-state index contributed by atoms with van der Waals surface area (Å²) in [7, 11) is 0. The summed E-state index contributed by atoms with van der Waals surface area (Å²) in [5.74, 6) is 0.365. The number of hydrogen-bond donors (Lipinski definition) is 2. The maximum atomic E-state index is 13.5. The number of benzene rings is 1. The Morgan fingerprint density at radius 3 is 3.07 bits per heavy atom. The van der Waals surface area contributed by atoms with Crippen molar-refractivity contribution in [2.75, 3.05) is 32.8 Å². The van der Waals surface area contributed by atoms with Gasteiger partial charge in [-0.15, -0.1) is 0 Å². The van der Waals surface area contributed by atoms with E-state index < -0.39 is 0 Å². The van der Waals surface area contributed by atoms with E-state index in [0.717, 1.165) is 48.4 Å². The van der Waals surface area contributed by atoms with E-state index >= 15 is 0 Å². The van der Waals surface area contributed by atoms with Gasteiger partial charge in [0.15, 0.2) is 5.96 Å². The van der Waals surface area contributed by atoms with Crippen molar-refractivity contribution < 1.29 is 13.9 Å². The summed E-state index contributed by atoms with van der Waals surface area (Å²) >= 11 is 0. The minimum absolute atomic E-state index is 0.103. The number of halogens is 1. The zero-order chi connectivity index (χ0) is 19.9. The number of esters is 1. The highest BCUT2D eigenvalue weighted by atomic mass is 19.1. The number of likely N-dealkylation sites (tertiary alicyclic amines) is 1. The summed E-state index contributed by atoms with van der Waals surface area (Å²) in [6.07, 6.45) is 4.43. The molecule has 3 rings (SSSR count). The fourth-order valence-corrected chi connectivity index (χ4v) is 3.69. The average molecular weight is 388 g/mol. The van der Waals surface area contributed by atoms with Crippen LogP contribution < -0.4 is 5.32 Å². The Morgan fingerprint density at radius 2 is 2.29 bits per heavy atom. The van der Waals surface area contributed by atoms with Crippen LogP contribution in [0.25, 0.3) is 10.9 Å². The number of piperidine rings is 1. The molecule has 6 nitrogen and oxygen atoms in total. The van der Waals surface area contributed by atoms with Crippen LogP contribution in [0.3, 0.4) is 0 Å². The number of hydrogen-bond acceptors (Lipinski definition) is 3.